The molecule has 0 radical (unpaired) electrons. The number of thioether (sulfide) groups is 1. The van der Waals surface area contributed by atoms with E-state index in [4.69, 9.17) is 0 Å². The molecule has 3 rings (SSSR count). The molecule has 2 fully saturated rings. The number of nitrogens with zero attached hydrogens (tertiary/aromatic N) is 1. The third kappa shape index (κ3) is 5.70. The quantitative estimate of drug-likeness (QED) is 0.713. The maximum absolute atomic E-state index is 12.4. The van der Waals surface area contributed by atoms with Crippen molar-refractivity contribution in [3.8, 4) is 0 Å². The van der Waals surface area contributed by atoms with Gasteiger partial charge in [0.1, 0.15) is 0 Å². The molecule has 27 heavy (non-hydrogen) atoms. The van der Waals surface area contributed by atoms with Crippen LogP contribution in [0, 0.1) is 5.92 Å². The lowest BCUT2D eigenvalue weighted by atomic mass is 9.86. The normalized spacial score (nSPS) is 19.7. The second-order valence-electron chi connectivity index (χ2n) is 7.14. The van der Waals surface area contributed by atoms with Gasteiger partial charge >= 0.3 is 0 Å². The molecule has 1 aromatic carbocycles. The molecule has 5 nitrogen and oxygen atoms in total. The van der Waals surface area contributed by atoms with Crippen LogP contribution in [-0.4, -0.2) is 35.0 Å². The van der Waals surface area contributed by atoms with E-state index >= 15 is 0 Å². The van der Waals surface area contributed by atoms with Crippen LogP contribution in [0.5, 0.6) is 0 Å². The van der Waals surface area contributed by atoms with Crippen LogP contribution >= 0.6 is 11.8 Å². The van der Waals surface area contributed by atoms with Crippen LogP contribution in [-0.2, 0) is 9.59 Å². The number of rotatable bonds is 7. The monoisotopic (exact) mass is 386 g/mol. The maximum Gasteiger partial charge on any atom is 0.293 e. The largest absolute Gasteiger partial charge is 0.354 e. The lowest BCUT2D eigenvalue weighted by Crippen LogP contribution is -2.37. The van der Waals surface area contributed by atoms with E-state index in [1.165, 1.54) is 37.0 Å². The fraction of sp³-hybridized carbons (Fsp3) is 0.476. The summed E-state index contributed by atoms with van der Waals surface area (Å²) >= 11 is 0.950. The summed E-state index contributed by atoms with van der Waals surface area (Å²) in [6, 6.07) is 9.46. The van der Waals surface area contributed by atoms with Crippen LogP contribution in [0.25, 0.3) is 6.08 Å². The molecule has 6 heteroatoms. The van der Waals surface area contributed by atoms with E-state index in [1.807, 2.05) is 30.3 Å². The van der Waals surface area contributed by atoms with E-state index in [2.05, 4.69) is 5.32 Å². The van der Waals surface area contributed by atoms with Gasteiger partial charge in [-0.15, -0.1) is 0 Å². The molecular formula is C21H26N2O3S. The molecule has 0 atom stereocenters. The number of hydrogen-bond acceptors (Lipinski definition) is 4. The Morgan fingerprint density at radius 3 is 2.63 bits per heavy atom. The number of hydrogen-bond donors (Lipinski definition) is 1. The highest BCUT2D eigenvalue weighted by Gasteiger charge is 2.34. The molecule has 0 spiro atoms. The Morgan fingerprint density at radius 1 is 1.15 bits per heavy atom. The molecule has 1 N–H and O–H groups in total. The molecule has 144 valence electrons. The van der Waals surface area contributed by atoms with Gasteiger partial charge in [0, 0.05) is 19.5 Å². The highest BCUT2D eigenvalue weighted by molar-refractivity contribution is 8.18. The summed E-state index contributed by atoms with van der Waals surface area (Å²) in [4.78, 5) is 38.2. The van der Waals surface area contributed by atoms with Crippen molar-refractivity contribution in [2.45, 2.75) is 44.9 Å². The van der Waals surface area contributed by atoms with Gasteiger partial charge in [-0.05, 0) is 35.7 Å². The summed E-state index contributed by atoms with van der Waals surface area (Å²) in [5, 5.41) is 2.56. The topological polar surface area (TPSA) is 66.5 Å². The van der Waals surface area contributed by atoms with Gasteiger partial charge in [-0.2, -0.15) is 0 Å². The molecule has 1 aromatic rings. The smallest absolute Gasteiger partial charge is 0.293 e. The zero-order chi connectivity index (χ0) is 19.1. The van der Waals surface area contributed by atoms with E-state index in [-0.39, 0.29) is 23.6 Å². The Kier molecular flexibility index (Phi) is 7.10. The van der Waals surface area contributed by atoms with Crippen molar-refractivity contribution in [3.05, 3.63) is 40.8 Å². The predicted molar refractivity (Wildman–Crippen MR) is 108 cm³/mol. The van der Waals surface area contributed by atoms with Crippen molar-refractivity contribution < 1.29 is 14.4 Å². The van der Waals surface area contributed by atoms with Crippen molar-refractivity contribution in [3.63, 3.8) is 0 Å². The first kappa shape index (κ1) is 19.7. The van der Waals surface area contributed by atoms with Gasteiger partial charge in [0.25, 0.3) is 11.1 Å². The van der Waals surface area contributed by atoms with Crippen molar-refractivity contribution in [1.29, 1.82) is 0 Å². The fourth-order valence-corrected chi connectivity index (χ4v) is 4.46. The van der Waals surface area contributed by atoms with Gasteiger partial charge in [0.05, 0.1) is 4.91 Å². The first-order valence-corrected chi connectivity index (χ1v) is 10.5. The highest BCUT2D eigenvalue weighted by atomic mass is 32.2. The van der Waals surface area contributed by atoms with Crippen molar-refractivity contribution in [1.82, 2.24) is 10.2 Å². The van der Waals surface area contributed by atoms with E-state index in [9.17, 15) is 14.4 Å². The Balaban J connectivity index is 1.42. The Bertz CT molecular complexity index is 711. The first-order chi connectivity index (χ1) is 13.1. The van der Waals surface area contributed by atoms with Crippen molar-refractivity contribution in [2.75, 3.05) is 13.1 Å². The molecule has 1 saturated carbocycles. The summed E-state index contributed by atoms with van der Waals surface area (Å²) in [6.45, 7) is 0.520. The molecule has 1 saturated heterocycles. The minimum atomic E-state index is -0.287. The molecule has 0 unspecified atom stereocenters. The van der Waals surface area contributed by atoms with Crippen LogP contribution in [0.3, 0.4) is 0 Å². The van der Waals surface area contributed by atoms with Crippen LogP contribution in [0.4, 0.5) is 4.79 Å². The van der Waals surface area contributed by atoms with Gasteiger partial charge < -0.3 is 5.32 Å². The van der Waals surface area contributed by atoms with Crippen LogP contribution in [0.1, 0.15) is 50.5 Å². The van der Waals surface area contributed by atoms with Crippen LogP contribution in [0.15, 0.2) is 35.2 Å². The van der Waals surface area contributed by atoms with Crippen LogP contribution < -0.4 is 5.32 Å². The minimum Gasteiger partial charge on any atom is -0.354 e. The lowest BCUT2D eigenvalue weighted by Gasteiger charge is -2.21. The molecule has 2 aliphatic rings. The summed E-state index contributed by atoms with van der Waals surface area (Å²) in [6.07, 6.45) is 9.54. The number of amides is 3. The highest BCUT2D eigenvalue weighted by Crippen LogP contribution is 2.32. The van der Waals surface area contributed by atoms with Crippen LogP contribution in [0.2, 0.25) is 0 Å². The summed E-state index contributed by atoms with van der Waals surface area (Å²) in [5.41, 5.74) is 0.888. The van der Waals surface area contributed by atoms with E-state index < -0.39 is 0 Å². The second-order valence-corrected chi connectivity index (χ2v) is 8.13. The van der Waals surface area contributed by atoms with Crippen molar-refractivity contribution >= 4 is 34.9 Å². The average molecular weight is 387 g/mol. The minimum absolute atomic E-state index is 0.00683. The summed E-state index contributed by atoms with van der Waals surface area (Å²) < 4.78 is 0. The van der Waals surface area contributed by atoms with Gasteiger partial charge in [0.15, 0.2) is 0 Å². The predicted octanol–water partition coefficient (Wildman–Crippen LogP) is 4.20. The van der Waals surface area contributed by atoms with E-state index in [0.29, 0.717) is 23.8 Å². The Morgan fingerprint density at radius 2 is 1.89 bits per heavy atom. The molecule has 3 amide bonds. The molecule has 0 bridgehead atoms. The van der Waals surface area contributed by atoms with Gasteiger partial charge in [-0.25, -0.2) is 0 Å². The SMILES string of the molecule is O=C(CCC1CCCCC1)NCCN1C(=O)SC(=Cc2ccccc2)C1=O. The third-order valence-corrected chi connectivity index (χ3v) is 6.04. The van der Waals surface area contributed by atoms with E-state index in [1.54, 1.807) is 6.08 Å². The Labute approximate surface area is 164 Å². The number of benzene rings is 1. The molecule has 0 aromatic heterocycles. The standard InChI is InChI=1S/C21H26N2O3S/c24-19(12-11-16-7-3-1-4-8-16)22-13-14-23-20(25)18(27-21(23)26)15-17-9-5-2-6-10-17/h2,5-6,9-10,15-16H,1,3-4,7-8,11-14H2,(H,22,24). The number of imide groups is 1. The first-order valence-electron chi connectivity index (χ1n) is 9.70. The molecule has 1 aliphatic carbocycles. The average Bonchev–Trinajstić information content (AvgIpc) is 2.95. The van der Waals surface area contributed by atoms with Gasteiger partial charge in [0.2, 0.25) is 5.91 Å². The van der Waals surface area contributed by atoms with E-state index in [0.717, 1.165) is 23.7 Å². The summed E-state index contributed by atoms with van der Waals surface area (Å²) in [7, 11) is 0. The number of nitrogens with one attached hydrogen (secondary N) is 1. The fourth-order valence-electron chi connectivity index (χ4n) is 3.60. The lowest BCUT2D eigenvalue weighted by molar-refractivity contribution is -0.124. The summed E-state index contributed by atoms with van der Waals surface area (Å²) in [5.74, 6) is 0.394. The second kappa shape index (κ2) is 9.74. The molecular weight excluding hydrogens is 360 g/mol. The maximum atomic E-state index is 12.4. The Hall–Kier alpha value is -2.08. The zero-order valence-corrected chi connectivity index (χ0v) is 16.3. The van der Waals surface area contributed by atoms with Crippen molar-refractivity contribution in [2.24, 2.45) is 5.92 Å². The van der Waals surface area contributed by atoms with Gasteiger partial charge in [-0.1, -0.05) is 62.4 Å². The third-order valence-electron chi connectivity index (χ3n) is 5.13. The molecule has 1 heterocycles. The zero-order valence-electron chi connectivity index (χ0n) is 15.5. The number of carbonyl (C=O) groups excluding carboxylic acids is 3. The molecule has 1 aliphatic heterocycles. The number of carbonyl (C=O) groups is 3. The van der Waals surface area contributed by atoms with Gasteiger partial charge in [-0.3, -0.25) is 19.3 Å².